The molecule has 3 aromatic rings. The molecule has 2 N–H and O–H groups in total. The number of carbonyl (C=O) groups is 2. The molecule has 4 rings (SSSR count). The number of aromatic hydroxyl groups is 2. The predicted molar refractivity (Wildman–Crippen MR) is 187 cm³/mol. The van der Waals surface area contributed by atoms with Crippen molar-refractivity contribution in [3.63, 3.8) is 0 Å². The molecule has 0 fully saturated rings. The maximum atomic E-state index is 13.4. The van der Waals surface area contributed by atoms with Gasteiger partial charge < -0.3 is 19.7 Å². The highest BCUT2D eigenvalue weighted by molar-refractivity contribution is 8.04. The van der Waals surface area contributed by atoms with E-state index in [1.165, 1.54) is 75.3 Å². The van der Waals surface area contributed by atoms with E-state index in [0.29, 0.717) is 18.1 Å². The van der Waals surface area contributed by atoms with Crippen LogP contribution >= 0.6 is 23.5 Å². The Labute approximate surface area is 282 Å². The summed E-state index contributed by atoms with van der Waals surface area (Å²) in [6.07, 6.45) is 15.6. The number of ether oxygens (including phenoxy) is 2. The summed E-state index contributed by atoms with van der Waals surface area (Å²) in [6, 6.07) is 16.2. The lowest BCUT2D eigenvalue weighted by molar-refractivity contribution is 0.0986. The lowest BCUT2D eigenvalue weighted by Crippen LogP contribution is -2.16. The molecule has 246 valence electrons. The van der Waals surface area contributed by atoms with Gasteiger partial charge in [-0.15, -0.1) is 0 Å². The first-order valence-electron chi connectivity index (χ1n) is 16.6. The van der Waals surface area contributed by atoms with Gasteiger partial charge in [0, 0.05) is 15.9 Å². The third-order valence-electron chi connectivity index (χ3n) is 7.84. The number of phenols is 2. The first-order chi connectivity index (χ1) is 22.4. The molecule has 3 aromatic carbocycles. The first kappa shape index (κ1) is 35.5. The number of rotatable bonds is 20. The second-order valence-electron chi connectivity index (χ2n) is 11.6. The Balaban J connectivity index is 1.33. The van der Waals surface area contributed by atoms with Gasteiger partial charge in [-0.3, -0.25) is 9.59 Å². The van der Waals surface area contributed by atoms with E-state index in [2.05, 4.69) is 13.8 Å². The Morgan fingerprint density at radius 2 is 1.09 bits per heavy atom. The quantitative estimate of drug-likeness (QED) is 0.0912. The average Bonchev–Trinajstić information content (AvgIpc) is 3.05. The molecule has 0 heterocycles. The molecule has 0 spiro atoms. The number of phenolic OH excluding ortho intramolecular Hbond substituents is 2. The standard InChI is InChI=1S/C38H46O6S2/c1-3-5-7-9-11-13-23-43-27-15-19-29(20-16-27)45-33-25-31(39)36-35(37(33)41)32(40)26-34(38(36)42)46-30-21-17-28(18-22-30)44-24-14-12-10-8-6-4-2/h15-22,25-26,39,41H,3-14,23-24H2,1-2H3. The molecule has 1 aliphatic rings. The molecule has 0 bridgehead atoms. The highest BCUT2D eigenvalue weighted by Crippen LogP contribution is 2.46. The Morgan fingerprint density at radius 3 is 1.61 bits per heavy atom. The number of benzene rings is 3. The van der Waals surface area contributed by atoms with E-state index in [1.54, 1.807) is 0 Å². The zero-order valence-electron chi connectivity index (χ0n) is 27.0. The molecule has 0 saturated heterocycles. The minimum Gasteiger partial charge on any atom is -0.507 e. The molecule has 0 amide bonds. The molecule has 0 unspecified atom stereocenters. The molecule has 8 heteroatoms. The molecular formula is C38H46O6S2. The summed E-state index contributed by atoms with van der Waals surface area (Å²) in [5.41, 5.74) is -0.344. The van der Waals surface area contributed by atoms with E-state index in [4.69, 9.17) is 9.47 Å². The zero-order valence-corrected chi connectivity index (χ0v) is 28.6. The largest absolute Gasteiger partial charge is 0.507 e. The number of allylic oxidation sites excluding steroid dienone is 2. The second kappa shape index (κ2) is 18.7. The van der Waals surface area contributed by atoms with Gasteiger partial charge in [0.25, 0.3) is 0 Å². The van der Waals surface area contributed by atoms with Crippen LogP contribution in [0.25, 0.3) is 0 Å². The summed E-state index contributed by atoms with van der Waals surface area (Å²) in [5, 5.41) is 21.9. The zero-order chi connectivity index (χ0) is 32.7. The molecule has 6 nitrogen and oxygen atoms in total. The van der Waals surface area contributed by atoms with Crippen molar-refractivity contribution in [2.75, 3.05) is 13.2 Å². The lowest BCUT2D eigenvalue weighted by Gasteiger charge is -2.19. The van der Waals surface area contributed by atoms with Crippen molar-refractivity contribution < 1.29 is 29.3 Å². The summed E-state index contributed by atoms with van der Waals surface area (Å²) < 4.78 is 11.7. The summed E-state index contributed by atoms with van der Waals surface area (Å²) in [4.78, 5) is 28.6. The van der Waals surface area contributed by atoms with Crippen molar-refractivity contribution in [3.8, 4) is 23.0 Å². The van der Waals surface area contributed by atoms with Gasteiger partial charge >= 0.3 is 0 Å². The van der Waals surface area contributed by atoms with Crippen LogP contribution < -0.4 is 9.47 Å². The number of fused-ring (bicyclic) bond motifs is 1. The molecule has 46 heavy (non-hydrogen) atoms. The highest BCUT2D eigenvalue weighted by atomic mass is 32.2. The SMILES string of the molecule is CCCCCCCCOc1ccc(SC2=CC(=O)c3c(O)c(Sc4ccc(OCCCCCCCC)cc4)cc(O)c3C2=O)cc1. The third kappa shape index (κ3) is 10.3. The van der Waals surface area contributed by atoms with Crippen LogP contribution in [-0.4, -0.2) is 35.0 Å². The normalized spacial score (nSPS) is 12.6. The Morgan fingerprint density at radius 1 is 0.609 bits per heavy atom. The van der Waals surface area contributed by atoms with Crippen LogP contribution in [0, 0.1) is 0 Å². The van der Waals surface area contributed by atoms with Crippen LogP contribution in [0.2, 0.25) is 0 Å². The van der Waals surface area contributed by atoms with E-state index in [-0.39, 0.29) is 27.5 Å². The Hall–Kier alpha value is -3.36. The van der Waals surface area contributed by atoms with Gasteiger partial charge in [0.2, 0.25) is 5.78 Å². The third-order valence-corrected chi connectivity index (χ3v) is 9.91. The molecular weight excluding hydrogens is 617 g/mol. The minimum atomic E-state index is -0.523. The number of unbranched alkanes of at least 4 members (excludes halogenated alkanes) is 10. The monoisotopic (exact) mass is 662 g/mol. The van der Waals surface area contributed by atoms with Crippen LogP contribution in [-0.2, 0) is 0 Å². The molecule has 0 aromatic heterocycles. The number of carbonyl (C=O) groups excluding carboxylic acids is 2. The number of ketones is 2. The van der Waals surface area contributed by atoms with Gasteiger partial charge in [-0.05, 0) is 67.4 Å². The molecule has 0 atom stereocenters. The summed E-state index contributed by atoms with van der Waals surface area (Å²) in [5.74, 6) is -0.152. The first-order valence-corrected chi connectivity index (χ1v) is 18.3. The number of hydrogen-bond acceptors (Lipinski definition) is 8. The fraction of sp³-hybridized carbons (Fsp3) is 0.421. The van der Waals surface area contributed by atoms with Crippen LogP contribution in [0.1, 0.15) is 112 Å². The van der Waals surface area contributed by atoms with Crippen molar-refractivity contribution >= 4 is 35.1 Å². The van der Waals surface area contributed by atoms with Crippen molar-refractivity contribution in [1.29, 1.82) is 0 Å². The fourth-order valence-corrected chi connectivity index (χ4v) is 7.03. The second-order valence-corrected chi connectivity index (χ2v) is 13.8. The maximum absolute atomic E-state index is 13.4. The molecule has 0 radical (unpaired) electrons. The summed E-state index contributed by atoms with van der Waals surface area (Å²) >= 11 is 2.35. The number of thioether (sulfide) groups is 1. The number of hydrogen-bond donors (Lipinski definition) is 2. The maximum Gasteiger partial charge on any atom is 0.204 e. The summed E-state index contributed by atoms with van der Waals surface area (Å²) in [6.45, 7) is 5.75. The summed E-state index contributed by atoms with van der Waals surface area (Å²) in [7, 11) is 0. The lowest BCUT2D eigenvalue weighted by atomic mass is 9.93. The van der Waals surface area contributed by atoms with Crippen molar-refractivity contribution in [3.05, 3.63) is 76.7 Å². The minimum absolute atomic E-state index is 0.172. The highest BCUT2D eigenvalue weighted by Gasteiger charge is 2.33. The number of Topliss-reactive ketones (excluding diaryl/α,β-unsaturated/α-hetero) is 1. The molecule has 0 aliphatic heterocycles. The predicted octanol–water partition coefficient (Wildman–Crippen LogP) is 10.8. The van der Waals surface area contributed by atoms with E-state index in [9.17, 15) is 19.8 Å². The van der Waals surface area contributed by atoms with Crippen LogP contribution in [0.5, 0.6) is 23.0 Å². The molecule has 1 aliphatic carbocycles. The topological polar surface area (TPSA) is 93.1 Å². The van der Waals surface area contributed by atoms with E-state index >= 15 is 0 Å². The van der Waals surface area contributed by atoms with Gasteiger partial charge in [0.05, 0.1) is 34.1 Å². The van der Waals surface area contributed by atoms with Gasteiger partial charge in [0.1, 0.15) is 23.0 Å². The van der Waals surface area contributed by atoms with Gasteiger partial charge in [-0.25, -0.2) is 0 Å². The van der Waals surface area contributed by atoms with Crippen LogP contribution in [0.3, 0.4) is 0 Å². The van der Waals surface area contributed by atoms with Crippen LogP contribution in [0.15, 0.2) is 80.3 Å². The van der Waals surface area contributed by atoms with Gasteiger partial charge in [-0.2, -0.15) is 0 Å². The average molecular weight is 663 g/mol. The van der Waals surface area contributed by atoms with Gasteiger partial charge in [0.15, 0.2) is 5.78 Å². The van der Waals surface area contributed by atoms with Gasteiger partial charge in [-0.1, -0.05) is 102 Å². The van der Waals surface area contributed by atoms with E-state index < -0.39 is 11.6 Å². The smallest absolute Gasteiger partial charge is 0.204 e. The Kier molecular flexibility index (Phi) is 14.4. The van der Waals surface area contributed by atoms with E-state index in [1.807, 2.05) is 48.5 Å². The van der Waals surface area contributed by atoms with Crippen LogP contribution in [0.4, 0.5) is 0 Å². The Bertz CT molecular complexity index is 1460. The van der Waals surface area contributed by atoms with Crippen molar-refractivity contribution in [2.24, 2.45) is 0 Å². The molecule has 0 saturated carbocycles. The van der Waals surface area contributed by atoms with E-state index in [0.717, 1.165) is 58.7 Å². The fourth-order valence-electron chi connectivity index (χ4n) is 5.24. The van der Waals surface area contributed by atoms with Crippen molar-refractivity contribution in [2.45, 2.75) is 106 Å². The van der Waals surface area contributed by atoms with Crippen molar-refractivity contribution in [1.82, 2.24) is 0 Å².